The zero-order valence-electron chi connectivity index (χ0n) is 11.7. The molecule has 1 amide bonds. The van der Waals surface area contributed by atoms with E-state index in [2.05, 4.69) is 11.4 Å². The second kappa shape index (κ2) is 7.42. The first-order valence-electron chi connectivity index (χ1n) is 7.23. The molecule has 1 aliphatic rings. The van der Waals surface area contributed by atoms with Crippen molar-refractivity contribution in [3.8, 4) is 6.07 Å². The number of carbonyl (C=O) groups is 1. The maximum atomic E-state index is 13.7. The molecule has 0 heterocycles. The van der Waals surface area contributed by atoms with Crippen LogP contribution >= 0.6 is 11.6 Å². The standard InChI is InChI=1S/C16H18ClFN2O/c17-13-7-4-8-14(18)12(13)9-16(21)20-15(10-19)11-5-2-1-3-6-11/h4,7-8,11,15H,1-3,5-6,9H2,(H,20,21). The highest BCUT2D eigenvalue weighted by Gasteiger charge is 2.25. The maximum Gasteiger partial charge on any atom is 0.225 e. The van der Waals surface area contributed by atoms with E-state index in [1.165, 1.54) is 18.6 Å². The molecule has 1 aromatic carbocycles. The van der Waals surface area contributed by atoms with Crippen molar-refractivity contribution in [1.29, 1.82) is 5.26 Å². The van der Waals surface area contributed by atoms with Gasteiger partial charge in [-0.05, 0) is 30.9 Å². The van der Waals surface area contributed by atoms with Gasteiger partial charge >= 0.3 is 0 Å². The number of rotatable bonds is 4. The largest absolute Gasteiger partial charge is 0.340 e. The third-order valence-electron chi connectivity index (χ3n) is 3.98. The predicted octanol–water partition coefficient (Wildman–Crippen LogP) is 3.61. The van der Waals surface area contributed by atoms with Crippen LogP contribution in [0.1, 0.15) is 37.7 Å². The first-order chi connectivity index (χ1) is 10.1. The molecule has 0 aromatic heterocycles. The predicted molar refractivity (Wildman–Crippen MR) is 79.2 cm³/mol. The summed E-state index contributed by atoms with van der Waals surface area (Å²) in [6.45, 7) is 0. The summed E-state index contributed by atoms with van der Waals surface area (Å²) in [6.07, 6.45) is 5.15. The molecule has 0 radical (unpaired) electrons. The van der Waals surface area contributed by atoms with Crippen molar-refractivity contribution in [3.05, 3.63) is 34.6 Å². The quantitative estimate of drug-likeness (QED) is 0.923. The lowest BCUT2D eigenvalue weighted by Gasteiger charge is -2.26. The van der Waals surface area contributed by atoms with Crippen molar-refractivity contribution < 1.29 is 9.18 Å². The minimum Gasteiger partial charge on any atom is -0.340 e. The SMILES string of the molecule is N#CC(NC(=O)Cc1c(F)cccc1Cl)C1CCCCC1. The Balaban J connectivity index is 1.98. The van der Waals surface area contributed by atoms with Gasteiger partial charge in [-0.3, -0.25) is 4.79 Å². The summed E-state index contributed by atoms with van der Waals surface area (Å²) >= 11 is 5.91. The van der Waals surface area contributed by atoms with Gasteiger partial charge in [-0.1, -0.05) is 36.9 Å². The van der Waals surface area contributed by atoms with Crippen LogP contribution in [0.4, 0.5) is 4.39 Å². The molecule has 1 N–H and O–H groups in total. The summed E-state index contributed by atoms with van der Waals surface area (Å²) in [4.78, 5) is 12.0. The molecule has 0 saturated heterocycles. The van der Waals surface area contributed by atoms with E-state index in [0.29, 0.717) is 0 Å². The number of hydrogen-bond donors (Lipinski definition) is 1. The summed E-state index contributed by atoms with van der Waals surface area (Å²) < 4.78 is 13.7. The minimum atomic E-state index is -0.497. The summed E-state index contributed by atoms with van der Waals surface area (Å²) in [7, 11) is 0. The normalized spacial score (nSPS) is 17.0. The summed E-state index contributed by atoms with van der Waals surface area (Å²) in [5.74, 6) is -0.660. The van der Waals surface area contributed by atoms with Crippen LogP contribution in [0.15, 0.2) is 18.2 Å². The highest BCUT2D eigenvalue weighted by atomic mass is 35.5. The molecule has 1 aromatic rings. The summed E-state index contributed by atoms with van der Waals surface area (Å²) in [5, 5.41) is 12.2. The number of amides is 1. The van der Waals surface area contributed by atoms with Crippen molar-refractivity contribution >= 4 is 17.5 Å². The van der Waals surface area contributed by atoms with E-state index in [4.69, 9.17) is 11.6 Å². The number of hydrogen-bond acceptors (Lipinski definition) is 2. The Bertz CT molecular complexity index is 529. The lowest BCUT2D eigenvalue weighted by molar-refractivity contribution is -0.121. The third kappa shape index (κ3) is 4.18. The number of nitrogens with zero attached hydrogens (tertiary/aromatic N) is 1. The van der Waals surface area contributed by atoms with Crippen LogP contribution in [0, 0.1) is 23.1 Å². The highest BCUT2D eigenvalue weighted by Crippen LogP contribution is 2.26. The van der Waals surface area contributed by atoms with Crippen LogP contribution in [0.2, 0.25) is 5.02 Å². The average Bonchev–Trinajstić information content (AvgIpc) is 2.49. The lowest BCUT2D eigenvalue weighted by atomic mass is 9.84. The average molecular weight is 309 g/mol. The molecule has 1 saturated carbocycles. The molecule has 112 valence electrons. The van der Waals surface area contributed by atoms with E-state index in [1.54, 1.807) is 6.07 Å². The maximum absolute atomic E-state index is 13.7. The van der Waals surface area contributed by atoms with E-state index in [1.807, 2.05) is 0 Å². The van der Waals surface area contributed by atoms with Crippen molar-refractivity contribution in [1.82, 2.24) is 5.32 Å². The number of benzene rings is 1. The fraction of sp³-hybridized carbons (Fsp3) is 0.500. The molecule has 1 atom stereocenters. The number of halogens is 2. The lowest BCUT2D eigenvalue weighted by Crippen LogP contribution is -2.40. The van der Waals surface area contributed by atoms with Crippen LogP contribution in [0.3, 0.4) is 0 Å². The van der Waals surface area contributed by atoms with Gasteiger partial charge < -0.3 is 5.32 Å². The van der Waals surface area contributed by atoms with Crippen molar-refractivity contribution in [2.24, 2.45) is 5.92 Å². The third-order valence-corrected chi connectivity index (χ3v) is 4.33. The first-order valence-corrected chi connectivity index (χ1v) is 7.61. The van der Waals surface area contributed by atoms with E-state index in [9.17, 15) is 14.4 Å². The van der Waals surface area contributed by atoms with Gasteiger partial charge in [0.2, 0.25) is 5.91 Å². The second-order valence-corrected chi connectivity index (χ2v) is 5.86. The fourth-order valence-electron chi connectivity index (χ4n) is 2.81. The van der Waals surface area contributed by atoms with Gasteiger partial charge in [0.15, 0.2) is 0 Å². The van der Waals surface area contributed by atoms with E-state index < -0.39 is 11.9 Å². The molecule has 1 aliphatic carbocycles. The summed E-state index contributed by atoms with van der Waals surface area (Å²) in [6, 6.07) is 5.99. The molecule has 1 unspecified atom stereocenters. The highest BCUT2D eigenvalue weighted by molar-refractivity contribution is 6.31. The molecule has 2 rings (SSSR count). The van der Waals surface area contributed by atoms with Gasteiger partial charge in [-0.2, -0.15) is 5.26 Å². The number of nitrogens with one attached hydrogen (secondary N) is 1. The van der Waals surface area contributed by atoms with E-state index in [0.717, 1.165) is 25.7 Å². The molecule has 0 spiro atoms. The van der Waals surface area contributed by atoms with Gasteiger partial charge in [0.25, 0.3) is 0 Å². The Morgan fingerprint density at radius 1 is 1.43 bits per heavy atom. The Morgan fingerprint density at radius 3 is 2.76 bits per heavy atom. The Hall–Kier alpha value is -1.60. The van der Waals surface area contributed by atoms with Crippen LogP contribution < -0.4 is 5.32 Å². The molecule has 0 bridgehead atoms. The van der Waals surface area contributed by atoms with Gasteiger partial charge in [0.1, 0.15) is 11.9 Å². The van der Waals surface area contributed by atoms with Crippen LogP contribution in [-0.2, 0) is 11.2 Å². The second-order valence-electron chi connectivity index (χ2n) is 5.45. The van der Waals surface area contributed by atoms with Crippen molar-refractivity contribution in [2.45, 2.75) is 44.6 Å². The summed E-state index contributed by atoms with van der Waals surface area (Å²) in [5.41, 5.74) is 0.178. The van der Waals surface area contributed by atoms with Crippen LogP contribution in [0.25, 0.3) is 0 Å². The number of carbonyl (C=O) groups excluding carboxylic acids is 1. The van der Waals surface area contributed by atoms with E-state index >= 15 is 0 Å². The zero-order valence-corrected chi connectivity index (χ0v) is 12.5. The molecule has 21 heavy (non-hydrogen) atoms. The Kier molecular flexibility index (Phi) is 5.58. The molecular formula is C16H18ClFN2O. The van der Waals surface area contributed by atoms with Gasteiger partial charge in [0, 0.05) is 10.6 Å². The van der Waals surface area contributed by atoms with Gasteiger partial charge in [-0.25, -0.2) is 4.39 Å². The van der Waals surface area contributed by atoms with Crippen LogP contribution in [-0.4, -0.2) is 11.9 Å². The first kappa shape index (κ1) is 15.8. The van der Waals surface area contributed by atoms with E-state index in [-0.39, 0.29) is 28.8 Å². The van der Waals surface area contributed by atoms with Gasteiger partial charge in [-0.15, -0.1) is 0 Å². The minimum absolute atomic E-state index is 0.142. The van der Waals surface area contributed by atoms with Gasteiger partial charge in [0.05, 0.1) is 12.5 Å². The monoisotopic (exact) mass is 308 g/mol. The Morgan fingerprint density at radius 2 is 2.14 bits per heavy atom. The van der Waals surface area contributed by atoms with Crippen molar-refractivity contribution in [3.63, 3.8) is 0 Å². The van der Waals surface area contributed by atoms with Crippen LogP contribution in [0.5, 0.6) is 0 Å². The fourth-order valence-corrected chi connectivity index (χ4v) is 3.04. The molecule has 0 aliphatic heterocycles. The zero-order chi connectivity index (χ0) is 15.2. The topological polar surface area (TPSA) is 52.9 Å². The molecule has 3 nitrogen and oxygen atoms in total. The number of nitriles is 1. The molecule has 5 heteroatoms. The Labute approximate surface area is 129 Å². The smallest absolute Gasteiger partial charge is 0.225 e. The molecular weight excluding hydrogens is 291 g/mol. The molecule has 1 fully saturated rings. The van der Waals surface area contributed by atoms with Crippen molar-refractivity contribution in [2.75, 3.05) is 0 Å².